The Morgan fingerprint density at radius 1 is 0.864 bits per heavy atom. The number of benzene rings is 2. The topological polar surface area (TPSA) is 12.5 Å². The first kappa shape index (κ1) is 16.2. The second-order valence-electron chi connectivity index (χ2n) is 5.21. The van der Waals surface area contributed by atoms with Gasteiger partial charge in [-0.2, -0.15) is 13.2 Å². The van der Waals surface area contributed by atoms with Crippen LogP contribution in [0.4, 0.5) is 24.5 Å². The fraction of sp³-hybridized carbons (Fsp3) is 0.294. The number of hydrogen-bond donors (Lipinski definition) is 0. The molecule has 2 rings (SSSR count). The van der Waals surface area contributed by atoms with Crippen molar-refractivity contribution in [3.8, 4) is 5.75 Å². The van der Waals surface area contributed by atoms with E-state index >= 15 is 0 Å². The third-order valence-electron chi connectivity index (χ3n) is 3.34. The molecule has 22 heavy (non-hydrogen) atoms. The predicted octanol–water partition coefficient (Wildman–Crippen LogP) is 5.26. The highest BCUT2D eigenvalue weighted by atomic mass is 19.4. The van der Waals surface area contributed by atoms with Crippen LogP contribution in [0.2, 0.25) is 0 Å². The van der Waals surface area contributed by atoms with Crippen LogP contribution in [0.3, 0.4) is 0 Å². The number of ether oxygens (including phenoxy) is 1. The maximum Gasteiger partial charge on any atom is 0.416 e. The summed E-state index contributed by atoms with van der Waals surface area (Å²) in [7, 11) is 1.59. The molecule has 0 heterocycles. The first-order valence-corrected chi connectivity index (χ1v) is 6.93. The molecule has 2 aromatic rings. The van der Waals surface area contributed by atoms with Crippen molar-refractivity contribution < 1.29 is 17.9 Å². The monoisotopic (exact) mass is 309 g/mol. The van der Waals surface area contributed by atoms with Gasteiger partial charge in [0.2, 0.25) is 0 Å². The van der Waals surface area contributed by atoms with E-state index in [9.17, 15) is 13.2 Å². The van der Waals surface area contributed by atoms with Gasteiger partial charge in [0.15, 0.2) is 0 Å². The van der Waals surface area contributed by atoms with Gasteiger partial charge in [-0.15, -0.1) is 0 Å². The highest BCUT2D eigenvalue weighted by Crippen LogP contribution is 2.33. The van der Waals surface area contributed by atoms with Crippen molar-refractivity contribution in [1.29, 1.82) is 0 Å². The van der Waals surface area contributed by atoms with Gasteiger partial charge in [-0.3, -0.25) is 0 Å². The van der Waals surface area contributed by atoms with Gasteiger partial charge in [0, 0.05) is 17.4 Å². The second-order valence-corrected chi connectivity index (χ2v) is 5.21. The molecule has 0 aliphatic carbocycles. The molecule has 5 heteroatoms. The van der Waals surface area contributed by atoms with Crippen molar-refractivity contribution in [2.75, 3.05) is 12.0 Å². The summed E-state index contributed by atoms with van der Waals surface area (Å²) in [4.78, 5) is 1.97. The minimum absolute atomic E-state index is 0.102. The summed E-state index contributed by atoms with van der Waals surface area (Å²) >= 11 is 0. The van der Waals surface area contributed by atoms with E-state index in [0.717, 1.165) is 23.6 Å². The van der Waals surface area contributed by atoms with Crippen LogP contribution < -0.4 is 9.64 Å². The Balaban J connectivity index is 2.35. The van der Waals surface area contributed by atoms with Crippen LogP contribution in [0.25, 0.3) is 0 Å². The third kappa shape index (κ3) is 3.53. The Labute approximate surface area is 128 Å². The summed E-state index contributed by atoms with van der Waals surface area (Å²) in [6, 6.07) is 12.7. The Bertz CT molecular complexity index is 603. The van der Waals surface area contributed by atoms with Gasteiger partial charge in [-0.1, -0.05) is 0 Å². The minimum Gasteiger partial charge on any atom is -0.497 e. The van der Waals surface area contributed by atoms with Crippen LogP contribution in [0.15, 0.2) is 48.5 Å². The Morgan fingerprint density at radius 3 is 1.68 bits per heavy atom. The van der Waals surface area contributed by atoms with Gasteiger partial charge in [-0.25, -0.2) is 0 Å². The lowest BCUT2D eigenvalue weighted by Crippen LogP contribution is -2.25. The first-order chi connectivity index (χ1) is 10.3. The number of methoxy groups -OCH3 is 1. The molecule has 2 aromatic carbocycles. The van der Waals surface area contributed by atoms with E-state index < -0.39 is 11.7 Å². The molecule has 0 atom stereocenters. The molecule has 0 amide bonds. The summed E-state index contributed by atoms with van der Waals surface area (Å²) in [5.41, 5.74) is 0.971. The molecule has 0 saturated heterocycles. The van der Waals surface area contributed by atoms with Crippen molar-refractivity contribution in [1.82, 2.24) is 0 Å². The standard InChI is InChI=1S/C17H18F3NO/c1-12(2)21(15-8-10-16(22-3)11-9-15)14-6-4-13(5-7-14)17(18,19)20/h4-12H,1-3H3. The zero-order chi connectivity index (χ0) is 16.3. The summed E-state index contributed by atoms with van der Waals surface area (Å²) in [5, 5.41) is 0. The molecule has 0 unspecified atom stereocenters. The number of halogens is 3. The third-order valence-corrected chi connectivity index (χ3v) is 3.34. The average Bonchev–Trinajstić information content (AvgIpc) is 2.47. The van der Waals surface area contributed by atoms with Gasteiger partial charge in [0.25, 0.3) is 0 Å². The van der Waals surface area contributed by atoms with E-state index in [1.807, 2.05) is 43.0 Å². The molecule has 0 aliphatic rings. The molecule has 0 spiro atoms. The van der Waals surface area contributed by atoms with Crippen molar-refractivity contribution in [3.63, 3.8) is 0 Å². The summed E-state index contributed by atoms with van der Waals surface area (Å²) in [6.07, 6.45) is -4.32. The fourth-order valence-corrected chi connectivity index (χ4v) is 2.30. The van der Waals surface area contributed by atoms with Gasteiger partial charge >= 0.3 is 6.18 Å². The highest BCUT2D eigenvalue weighted by molar-refractivity contribution is 5.65. The van der Waals surface area contributed by atoms with Crippen molar-refractivity contribution in [2.45, 2.75) is 26.1 Å². The van der Waals surface area contributed by atoms with Crippen LogP contribution in [0.5, 0.6) is 5.75 Å². The average molecular weight is 309 g/mol. The zero-order valence-corrected chi connectivity index (χ0v) is 12.7. The first-order valence-electron chi connectivity index (χ1n) is 6.93. The maximum atomic E-state index is 12.7. The molecule has 0 fully saturated rings. The van der Waals surface area contributed by atoms with Crippen LogP contribution in [-0.2, 0) is 6.18 Å². The molecule has 118 valence electrons. The van der Waals surface area contributed by atoms with Crippen LogP contribution in [-0.4, -0.2) is 13.2 Å². The predicted molar refractivity (Wildman–Crippen MR) is 81.7 cm³/mol. The van der Waals surface area contributed by atoms with Gasteiger partial charge in [0.1, 0.15) is 5.75 Å². The normalized spacial score (nSPS) is 11.6. The Morgan fingerprint density at radius 2 is 1.32 bits per heavy atom. The van der Waals surface area contributed by atoms with E-state index in [2.05, 4.69) is 0 Å². The number of anilines is 2. The molecule has 0 aliphatic heterocycles. The summed E-state index contributed by atoms with van der Waals surface area (Å²) in [6.45, 7) is 3.98. The molecular weight excluding hydrogens is 291 g/mol. The van der Waals surface area contributed by atoms with Gasteiger partial charge in [-0.05, 0) is 62.4 Å². The maximum absolute atomic E-state index is 12.7. The zero-order valence-electron chi connectivity index (χ0n) is 12.7. The van der Waals surface area contributed by atoms with Crippen LogP contribution in [0, 0.1) is 0 Å². The molecule has 0 aromatic heterocycles. The lowest BCUT2D eigenvalue weighted by Gasteiger charge is -2.29. The number of alkyl halides is 3. The molecule has 0 N–H and O–H groups in total. The van der Waals surface area contributed by atoms with E-state index in [4.69, 9.17) is 4.74 Å². The van der Waals surface area contributed by atoms with Crippen molar-refractivity contribution >= 4 is 11.4 Å². The van der Waals surface area contributed by atoms with Crippen molar-refractivity contribution in [2.24, 2.45) is 0 Å². The SMILES string of the molecule is COc1ccc(N(c2ccc(C(F)(F)F)cc2)C(C)C)cc1. The lowest BCUT2D eigenvalue weighted by molar-refractivity contribution is -0.137. The highest BCUT2D eigenvalue weighted by Gasteiger charge is 2.30. The van der Waals surface area contributed by atoms with E-state index in [-0.39, 0.29) is 6.04 Å². The molecule has 2 nitrogen and oxygen atoms in total. The second kappa shape index (κ2) is 6.30. The molecule has 0 bridgehead atoms. The smallest absolute Gasteiger partial charge is 0.416 e. The molecule has 0 radical (unpaired) electrons. The van der Waals surface area contributed by atoms with Gasteiger partial charge < -0.3 is 9.64 Å². The Hall–Kier alpha value is -2.17. The fourth-order valence-electron chi connectivity index (χ4n) is 2.30. The summed E-state index contributed by atoms with van der Waals surface area (Å²) in [5.74, 6) is 0.736. The summed E-state index contributed by atoms with van der Waals surface area (Å²) < 4.78 is 43.1. The quantitative estimate of drug-likeness (QED) is 0.764. The van der Waals surface area contributed by atoms with Gasteiger partial charge in [0.05, 0.1) is 12.7 Å². The van der Waals surface area contributed by atoms with Crippen molar-refractivity contribution in [3.05, 3.63) is 54.1 Å². The van der Waals surface area contributed by atoms with E-state index in [1.54, 1.807) is 7.11 Å². The van der Waals surface area contributed by atoms with E-state index in [0.29, 0.717) is 5.69 Å². The number of nitrogens with zero attached hydrogens (tertiary/aromatic N) is 1. The number of hydrogen-bond acceptors (Lipinski definition) is 2. The Kier molecular flexibility index (Phi) is 4.64. The van der Waals surface area contributed by atoms with Crippen LogP contribution in [0.1, 0.15) is 19.4 Å². The van der Waals surface area contributed by atoms with E-state index in [1.165, 1.54) is 12.1 Å². The lowest BCUT2D eigenvalue weighted by atomic mass is 10.1. The minimum atomic E-state index is -4.32. The molecule has 0 saturated carbocycles. The largest absolute Gasteiger partial charge is 0.497 e. The molecular formula is C17H18F3NO. The number of rotatable bonds is 4. The van der Waals surface area contributed by atoms with Crippen LogP contribution >= 0.6 is 0 Å².